The van der Waals surface area contributed by atoms with Crippen LogP contribution in [0.2, 0.25) is 9.36 Å². The van der Waals surface area contributed by atoms with Crippen LogP contribution in [0.1, 0.15) is 19.8 Å². The van der Waals surface area contributed by atoms with Gasteiger partial charge in [0.05, 0.1) is 5.02 Å². The van der Waals surface area contributed by atoms with Gasteiger partial charge in [-0.15, -0.1) is 11.3 Å². The van der Waals surface area contributed by atoms with E-state index < -0.39 is 16.1 Å². The van der Waals surface area contributed by atoms with Gasteiger partial charge in [-0.1, -0.05) is 23.2 Å². The first-order valence-electron chi connectivity index (χ1n) is 6.59. The van der Waals surface area contributed by atoms with Gasteiger partial charge in [0, 0.05) is 19.1 Å². The number of halogens is 2. The molecule has 1 aromatic heterocycles. The fourth-order valence-electron chi connectivity index (χ4n) is 2.92. The fourth-order valence-corrected chi connectivity index (χ4v) is 6.56. The first kappa shape index (κ1) is 15.6. The zero-order valence-corrected chi connectivity index (χ0v) is 14.4. The minimum atomic E-state index is -3.75. The third-order valence-corrected chi connectivity index (χ3v) is 8.28. The number of amides is 1. The zero-order chi connectivity index (χ0) is 15.4. The number of thiophene rings is 1. The molecule has 5 nitrogen and oxygen atoms in total. The standard InChI is InChI=1S/C12H14Cl2N2O3S2/c1-7-12(17)15-4-2-3-8(15)6-16(7)21(18,19)10-5-9(13)11(14)20-10/h5,7-8H,2-4,6H2,1H3/t7-,8-/m0/s1. The lowest BCUT2D eigenvalue weighted by atomic mass is 10.1. The predicted octanol–water partition coefficient (Wildman–Crippen LogP) is 2.44. The zero-order valence-electron chi connectivity index (χ0n) is 11.3. The molecule has 0 N–H and O–H groups in total. The van der Waals surface area contributed by atoms with E-state index in [1.54, 1.807) is 11.8 Å². The lowest BCUT2D eigenvalue weighted by Crippen LogP contribution is -2.59. The van der Waals surface area contributed by atoms with Crippen LogP contribution in [-0.2, 0) is 14.8 Å². The topological polar surface area (TPSA) is 57.7 Å². The molecular formula is C12H14Cl2N2O3S2. The van der Waals surface area contributed by atoms with Gasteiger partial charge in [0.15, 0.2) is 0 Å². The van der Waals surface area contributed by atoms with Crippen molar-refractivity contribution in [3.8, 4) is 0 Å². The third kappa shape index (κ3) is 2.49. The summed E-state index contributed by atoms with van der Waals surface area (Å²) in [6.07, 6.45) is 1.77. The lowest BCUT2D eigenvalue weighted by Gasteiger charge is -2.40. The highest BCUT2D eigenvalue weighted by molar-refractivity contribution is 7.91. The smallest absolute Gasteiger partial charge is 0.253 e. The van der Waals surface area contributed by atoms with Crippen molar-refractivity contribution in [1.29, 1.82) is 0 Å². The Morgan fingerprint density at radius 1 is 1.38 bits per heavy atom. The number of piperazine rings is 1. The molecule has 2 atom stereocenters. The molecule has 0 bridgehead atoms. The SMILES string of the molecule is C[C@H]1C(=O)N2CCC[C@H]2CN1S(=O)(=O)c1cc(Cl)c(Cl)s1. The molecule has 2 saturated heterocycles. The van der Waals surface area contributed by atoms with Crippen molar-refractivity contribution in [3.05, 3.63) is 15.4 Å². The average Bonchev–Trinajstić information content (AvgIpc) is 3.01. The van der Waals surface area contributed by atoms with Crippen molar-refractivity contribution in [1.82, 2.24) is 9.21 Å². The lowest BCUT2D eigenvalue weighted by molar-refractivity contribution is -0.139. The summed E-state index contributed by atoms with van der Waals surface area (Å²) in [5.41, 5.74) is 0. The van der Waals surface area contributed by atoms with E-state index >= 15 is 0 Å². The fraction of sp³-hybridized carbons (Fsp3) is 0.583. The monoisotopic (exact) mass is 368 g/mol. The van der Waals surface area contributed by atoms with Crippen LogP contribution < -0.4 is 0 Å². The number of carbonyl (C=O) groups excluding carboxylic acids is 1. The highest BCUT2D eigenvalue weighted by Gasteiger charge is 2.45. The molecule has 0 aromatic carbocycles. The molecule has 0 aliphatic carbocycles. The Morgan fingerprint density at radius 3 is 2.71 bits per heavy atom. The number of hydrogen-bond acceptors (Lipinski definition) is 4. The highest BCUT2D eigenvalue weighted by atomic mass is 35.5. The summed E-state index contributed by atoms with van der Waals surface area (Å²) in [6, 6.07) is 0.639. The minimum absolute atomic E-state index is 0.0191. The maximum absolute atomic E-state index is 12.7. The van der Waals surface area contributed by atoms with E-state index in [4.69, 9.17) is 23.2 Å². The van der Waals surface area contributed by atoms with Gasteiger partial charge >= 0.3 is 0 Å². The Morgan fingerprint density at radius 2 is 2.10 bits per heavy atom. The summed E-state index contributed by atoms with van der Waals surface area (Å²) in [5.74, 6) is -0.124. The molecule has 21 heavy (non-hydrogen) atoms. The van der Waals surface area contributed by atoms with Crippen LogP contribution in [-0.4, -0.2) is 48.7 Å². The van der Waals surface area contributed by atoms with Crippen LogP contribution in [0.15, 0.2) is 10.3 Å². The summed E-state index contributed by atoms with van der Waals surface area (Å²) in [4.78, 5) is 14.1. The molecule has 0 spiro atoms. The van der Waals surface area contributed by atoms with Crippen LogP contribution in [0, 0.1) is 0 Å². The second-order valence-electron chi connectivity index (χ2n) is 5.27. The van der Waals surface area contributed by atoms with Crippen molar-refractivity contribution in [2.24, 2.45) is 0 Å². The molecule has 2 fully saturated rings. The number of sulfonamides is 1. The largest absolute Gasteiger partial charge is 0.337 e. The Kier molecular flexibility index (Phi) is 3.99. The van der Waals surface area contributed by atoms with Crippen LogP contribution in [0.25, 0.3) is 0 Å². The van der Waals surface area contributed by atoms with Crippen LogP contribution in [0.4, 0.5) is 0 Å². The summed E-state index contributed by atoms with van der Waals surface area (Å²) < 4.78 is 27.1. The first-order valence-corrected chi connectivity index (χ1v) is 9.61. The van der Waals surface area contributed by atoms with Gasteiger partial charge in [-0.05, 0) is 25.8 Å². The van der Waals surface area contributed by atoms with Gasteiger partial charge < -0.3 is 4.90 Å². The van der Waals surface area contributed by atoms with E-state index in [0.29, 0.717) is 6.54 Å². The Labute approximate surface area is 137 Å². The van der Waals surface area contributed by atoms with E-state index in [0.717, 1.165) is 30.7 Å². The summed E-state index contributed by atoms with van der Waals surface area (Å²) in [7, 11) is -3.75. The van der Waals surface area contributed by atoms with E-state index in [2.05, 4.69) is 0 Å². The highest BCUT2D eigenvalue weighted by Crippen LogP contribution is 2.37. The molecule has 0 radical (unpaired) electrons. The van der Waals surface area contributed by atoms with E-state index in [1.165, 1.54) is 10.4 Å². The molecule has 0 unspecified atom stereocenters. The Balaban J connectivity index is 1.96. The third-order valence-electron chi connectivity index (χ3n) is 4.03. The molecule has 116 valence electrons. The van der Waals surface area contributed by atoms with Crippen LogP contribution in [0.3, 0.4) is 0 Å². The van der Waals surface area contributed by atoms with Crippen LogP contribution in [0.5, 0.6) is 0 Å². The van der Waals surface area contributed by atoms with Crippen molar-refractivity contribution in [3.63, 3.8) is 0 Å². The molecular weight excluding hydrogens is 355 g/mol. The molecule has 3 rings (SSSR count). The molecule has 1 amide bonds. The van der Waals surface area contributed by atoms with Crippen LogP contribution >= 0.6 is 34.5 Å². The van der Waals surface area contributed by atoms with Gasteiger partial charge in [-0.2, -0.15) is 4.31 Å². The van der Waals surface area contributed by atoms with Crippen molar-refractivity contribution in [2.75, 3.05) is 13.1 Å². The maximum atomic E-state index is 12.7. The van der Waals surface area contributed by atoms with E-state index in [-0.39, 0.29) is 25.5 Å². The van der Waals surface area contributed by atoms with Gasteiger partial charge in [-0.3, -0.25) is 4.79 Å². The molecule has 3 heterocycles. The van der Waals surface area contributed by atoms with Gasteiger partial charge in [0.2, 0.25) is 5.91 Å². The number of carbonyl (C=O) groups is 1. The maximum Gasteiger partial charge on any atom is 0.253 e. The molecule has 1 aromatic rings. The number of rotatable bonds is 2. The predicted molar refractivity (Wildman–Crippen MR) is 82.4 cm³/mol. The summed E-state index contributed by atoms with van der Waals surface area (Å²) in [6.45, 7) is 2.69. The number of hydrogen-bond donors (Lipinski definition) is 0. The average molecular weight is 369 g/mol. The van der Waals surface area contributed by atoms with Crippen molar-refractivity contribution < 1.29 is 13.2 Å². The quantitative estimate of drug-likeness (QED) is 0.805. The molecule has 0 saturated carbocycles. The Bertz CT molecular complexity index is 669. The molecule has 2 aliphatic heterocycles. The van der Waals surface area contributed by atoms with Crippen molar-refractivity contribution >= 4 is 50.5 Å². The van der Waals surface area contributed by atoms with E-state index in [1.807, 2.05) is 0 Å². The van der Waals surface area contributed by atoms with Crippen molar-refractivity contribution in [2.45, 2.75) is 36.1 Å². The number of nitrogens with zero attached hydrogens (tertiary/aromatic N) is 2. The van der Waals surface area contributed by atoms with Gasteiger partial charge in [0.25, 0.3) is 10.0 Å². The minimum Gasteiger partial charge on any atom is -0.337 e. The second-order valence-corrected chi connectivity index (χ2v) is 9.44. The molecule has 2 aliphatic rings. The first-order chi connectivity index (χ1) is 9.82. The summed E-state index contributed by atoms with van der Waals surface area (Å²) >= 11 is 12.6. The molecule has 9 heteroatoms. The second kappa shape index (κ2) is 5.38. The summed E-state index contributed by atoms with van der Waals surface area (Å²) in [5, 5.41) is 0.221. The van der Waals surface area contributed by atoms with Gasteiger partial charge in [-0.25, -0.2) is 8.42 Å². The van der Waals surface area contributed by atoms with Gasteiger partial charge in [0.1, 0.15) is 14.6 Å². The normalized spacial score (nSPS) is 27.2. The number of fused-ring (bicyclic) bond motifs is 1. The van der Waals surface area contributed by atoms with E-state index in [9.17, 15) is 13.2 Å². The Hall–Kier alpha value is -0.340.